The molecule has 9 heteroatoms. The van der Waals surface area contributed by atoms with Crippen LogP contribution in [-0.4, -0.2) is 63.6 Å². The van der Waals surface area contributed by atoms with Crippen molar-refractivity contribution < 1.29 is 22.7 Å². The van der Waals surface area contributed by atoms with E-state index < -0.39 is 10.2 Å². The number of amides is 1. The number of hydrogen-bond acceptors (Lipinski definition) is 5. The smallest absolute Gasteiger partial charge is 0.345 e. The van der Waals surface area contributed by atoms with E-state index in [1.54, 1.807) is 30.1 Å². The van der Waals surface area contributed by atoms with Gasteiger partial charge >= 0.3 is 10.2 Å². The van der Waals surface area contributed by atoms with Crippen LogP contribution in [0.15, 0.2) is 34.4 Å². The molecule has 1 aromatic rings. The van der Waals surface area contributed by atoms with Crippen LogP contribution >= 0.6 is 0 Å². The lowest BCUT2D eigenvalue weighted by Crippen LogP contribution is -2.44. The minimum Gasteiger partial charge on any atom is -0.497 e. The van der Waals surface area contributed by atoms with Crippen molar-refractivity contribution in [2.45, 2.75) is 38.1 Å². The summed E-state index contributed by atoms with van der Waals surface area (Å²) < 4.78 is 40.8. The van der Waals surface area contributed by atoms with Gasteiger partial charge in [-0.05, 0) is 37.1 Å². The molecule has 1 amide bonds. The average Bonchev–Trinajstić information content (AvgIpc) is 2.74. The van der Waals surface area contributed by atoms with Crippen molar-refractivity contribution in [2.75, 3.05) is 28.3 Å². The molecule has 1 aliphatic carbocycles. The van der Waals surface area contributed by atoms with Crippen molar-refractivity contribution in [3.8, 4) is 11.5 Å². The van der Waals surface area contributed by atoms with Crippen LogP contribution in [0, 0.1) is 0 Å². The van der Waals surface area contributed by atoms with Crippen LogP contribution in [0.25, 0.3) is 0 Å². The van der Waals surface area contributed by atoms with E-state index in [0.29, 0.717) is 17.1 Å². The minimum atomic E-state index is -4.05. The Morgan fingerprint density at radius 3 is 2.48 bits per heavy atom. The second kappa shape index (κ2) is 8.44. The molecule has 0 N–H and O–H groups in total. The number of carbonyl (C=O) groups excluding carboxylic acids is 1. The Labute approximate surface area is 172 Å². The van der Waals surface area contributed by atoms with Gasteiger partial charge in [-0.2, -0.15) is 8.42 Å². The number of likely N-dealkylation sites (N-methyl/N-ethyl adjacent to an activating group) is 2. The zero-order valence-electron chi connectivity index (χ0n) is 17.2. The summed E-state index contributed by atoms with van der Waals surface area (Å²) in [6, 6.07) is 5.13. The summed E-state index contributed by atoms with van der Waals surface area (Å²) in [6.07, 6.45) is 6.67. The van der Waals surface area contributed by atoms with Gasteiger partial charge in [0.2, 0.25) is 0 Å². The van der Waals surface area contributed by atoms with E-state index >= 15 is 0 Å². The van der Waals surface area contributed by atoms with E-state index in [0.717, 1.165) is 30.0 Å². The third-order valence-electron chi connectivity index (χ3n) is 5.52. The van der Waals surface area contributed by atoms with Crippen LogP contribution < -0.4 is 9.47 Å². The Morgan fingerprint density at radius 2 is 1.86 bits per heavy atom. The SMILES string of the molecule is COc1ccc(OC)c(C2=NS(=O)(=O)N(C)C(C(=O)N(C)C3CCCCC3)=C2)c1. The summed E-state index contributed by atoms with van der Waals surface area (Å²) in [6.45, 7) is 0. The molecule has 0 radical (unpaired) electrons. The molecule has 0 unspecified atom stereocenters. The topological polar surface area (TPSA) is 88.5 Å². The molecule has 8 nitrogen and oxygen atoms in total. The van der Waals surface area contributed by atoms with Gasteiger partial charge in [0.05, 0.1) is 19.9 Å². The molecule has 1 heterocycles. The summed E-state index contributed by atoms with van der Waals surface area (Å²) in [4.78, 5) is 14.8. The zero-order chi connectivity index (χ0) is 21.2. The van der Waals surface area contributed by atoms with Gasteiger partial charge in [-0.25, -0.2) is 4.31 Å². The van der Waals surface area contributed by atoms with Crippen molar-refractivity contribution >= 4 is 21.8 Å². The summed E-state index contributed by atoms with van der Waals surface area (Å²) in [5.74, 6) is 0.630. The summed E-state index contributed by atoms with van der Waals surface area (Å²) >= 11 is 0. The number of ether oxygens (including phenoxy) is 2. The highest BCUT2D eigenvalue weighted by Gasteiger charge is 2.34. The van der Waals surface area contributed by atoms with E-state index in [4.69, 9.17) is 9.47 Å². The van der Waals surface area contributed by atoms with Crippen molar-refractivity contribution in [3.63, 3.8) is 0 Å². The normalized spacial score (nSPS) is 19.2. The Balaban J connectivity index is 2.03. The molecule has 2 aliphatic rings. The van der Waals surface area contributed by atoms with Crippen LogP contribution in [0.5, 0.6) is 11.5 Å². The second-order valence-electron chi connectivity index (χ2n) is 7.23. The maximum atomic E-state index is 13.2. The molecule has 1 fully saturated rings. The third kappa shape index (κ3) is 4.24. The molecule has 1 saturated carbocycles. The maximum Gasteiger partial charge on any atom is 0.345 e. The summed E-state index contributed by atoms with van der Waals surface area (Å²) in [5, 5.41) is 0. The van der Waals surface area contributed by atoms with E-state index in [1.165, 1.54) is 33.8 Å². The van der Waals surface area contributed by atoms with Crippen LogP contribution in [0.3, 0.4) is 0 Å². The Bertz CT molecular complexity index is 949. The van der Waals surface area contributed by atoms with Gasteiger partial charge in [0, 0.05) is 25.7 Å². The minimum absolute atomic E-state index is 0.0629. The Hall–Kier alpha value is -2.55. The fourth-order valence-corrected chi connectivity index (χ4v) is 4.61. The molecule has 1 aromatic carbocycles. The molecule has 1 aliphatic heterocycles. The first-order chi connectivity index (χ1) is 13.8. The van der Waals surface area contributed by atoms with Crippen LogP contribution in [0.1, 0.15) is 37.7 Å². The van der Waals surface area contributed by atoms with Crippen molar-refractivity contribution in [1.29, 1.82) is 0 Å². The van der Waals surface area contributed by atoms with Gasteiger partial charge in [0.25, 0.3) is 5.91 Å². The number of rotatable bonds is 5. The highest BCUT2D eigenvalue weighted by Crippen LogP contribution is 2.30. The molecule has 3 rings (SSSR count). The standard InChI is InChI=1S/C20H27N3O5S/c1-22(14-8-6-5-7-9-14)20(24)18-13-17(21-29(25,26)23(18)2)16-12-15(27-3)10-11-19(16)28-4/h10-14H,5-9H2,1-4H3. The zero-order valence-corrected chi connectivity index (χ0v) is 18.0. The van der Waals surface area contributed by atoms with E-state index in [9.17, 15) is 13.2 Å². The molecule has 0 saturated heterocycles. The van der Waals surface area contributed by atoms with Gasteiger partial charge in [-0.3, -0.25) is 4.79 Å². The molecule has 0 bridgehead atoms. The molecule has 0 spiro atoms. The molecule has 158 valence electrons. The number of hydrogen-bond donors (Lipinski definition) is 0. The first-order valence-corrected chi connectivity index (χ1v) is 11.0. The number of carbonyl (C=O) groups is 1. The van der Waals surface area contributed by atoms with E-state index in [2.05, 4.69) is 4.40 Å². The average molecular weight is 422 g/mol. The monoisotopic (exact) mass is 421 g/mol. The van der Waals surface area contributed by atoms with Gasteiger partial charge in [0.1, 0.15) is 17.2 Å². The van der Waals surface area contributed by atoms with E-state index in [-0.39, 0.29) is 23.4 Å². The maximum absolute atomic E-state index is 13.2. The predicted octanol–water partition coefficient (Wildman–Crippen LogP) is 2.36. The largest absolute Gasteiger partial charge is 0.497 e. The lowest BCUT2D eigenvalue weighted by molar-refractivity contribution is -0.129. The first kappa shape index (κ1) is 21.2. The molecule has 0 atom stereocenters. The van der Waals surface area contributed by atoms with Crippen molar-refractivity contribution in [1.82, 2.24) is 9.21 Å². The lowest BCUT2D eigenvalue weighted by atomic mass is 9.94. The van der Waals surface area contributed by atoms with E-state index in [1.807, 2.05) is 0 Å². The number of methoxy groups -OCH3 is 2. The van der Waals surface area contributed by atoms with Crippen molar-refractivity contribution in [2.24, 2.45) is 4.40 Å². The predicted molar refractivity (Wildman–Crippen MR) is 110 cm³/mol. The molecular weight excluding hydrogens is 394 g/mol. The van der Waals surface area contributed by atoms with Crippen LogP contribution in [0.2, 0.25) is 0 Å². The number of allylic oxidation sites excluding steroid dienone is 1. The van der Waals surface area contributed by atoms with Gasteiger partial charge in [-0.1, -0.05) is 19.3 Å². The molecular formula is C20H27N3O5S. The summed E-state index contributed by atoms with van der Waals surface area (Å²) in [5.41, 5.74) is 0.640. The van der Waals surface area contributed by atoms with Crippen LogP contribution in [-0.2, 0) is 15.0 Å². The van der Waals surface area contributed by atoms with Crippen molar-refractivity contribution in [3.05, 3.63) is 35.5 Å². The van der Waals surface area contributed by atoms with Gasteiger partial charge < -0.3 is 14.4 Å². The van der Waals surface area contributed by atoms with Crippen LogP contribution in [0.4, 0.5) is 0 Å². The Morgan fingerprint density at radius 1 is 1.17 bits per heavy atom. The first-order valence-electron chi connectivity index (χ1n) is 9.58. The quantitative estimate of drug-likeness (QED) is 0.728. The molecule has 29 heavy (non-hydrogen) atoms. The Kier molecular flexibility index (Phi) is 6.16. The fraction of sp³-hybridized carbons (Fsp3) is 0.500. The highest BCUT2D eigenvalue weighted by atomic mass is 32.2. The second-order valence-corrected chi connectivity index (χ2v) is 8.85. The van der Waals surface area contributed by atoms with Gasteiger partial charge in [-0.15, -0.1) is 4.40 Å². The third-order valence-corrected chi connectivity index (χ3v) is 6.83. The molecule has 0 aromatic heterocycles. The highest BCUT2D eigenvalue weighted by molar-refractivity contribution is 7.88. The lowest BCUT2D eigenvalue weighted by Gasteiger charge is -2.34. The number of benzene rings is 1. The van der Waals surface area contributed by atoms with Gasteiger partial charge in [0.15, 0.2) is 0 Å². The fourth-order valence-electron chi connectivity index (χ4n) is 3.71. The number of nitrogens with zero attached hydrogens (tertiary/aromatic N) is 3. The summed E-state index contributed by atoms with van der Waals surface area (Å²) in [7, 11) is 2.03.